The van der Waals surface area contributed by atoms with E-state index in [4.69, 9.17) is 5.73 Å². The molecule has 0 aliphatic carbocycles. The van der Waals surface area contributed by atoms with E-state index in [9.17, 15) is 4.79 Å². The molecule has 0 unspecified atom stereocenters. The Kier molecular flexibility index (Phi) is 2.72. The number of nitrogens with zero attached hydrogens (tertiary/aromatic N) is 2. The fourth-order valence-corrected chi connectivity index (χ4v) is 2.77. The van der Waals surface area contributed by atoms with E-state index in [0.29, 0.717) is 16.4 Å². The molecule has 2 heterocycles. The largest absolute Gasteiger partial charge is 0.399 e. The van der Waals surface area contributed by atoms with E-state index in [1.165, 1.54) is 11.3 Å². The average molecular weight is 272 g/mol. The van der Waals surface area contributed by atoms with Gasteiger partial charge >= 0.3 is 0 Å². The van der Waals surface area contributed by atoms with Gasteiger partial charge in [-0.15, -0.1) is 11.3 Å². The van der Waals surface area contributed by atoms with Crippen LogP contribution in [0, 0.1) is 0 Å². The quantitative estimate of drug-likeness (QED) is 0.704. The molecule has 3 aromatic rings. The predicted molar refractivity (Wildman–Crippen MR) is 77.4 cm³/mol. The smallest absolute Gasteiger partial charge is 0.266 e. The van der Waals surface area contributed by atoms with Gasteiger partial charge in [0.15, 0.2) is 5.82 Å². The van der Waals surface area contributed by atoms with Crippen molar-refractivity contribution < 1.29 is 4.79 Å². The zero-order chi connectivity index (χ0) is 13.4. The molecule has 19 heavy (non-hydrogen) atoms. The highest BCUT2D eigenvalue weighted by Crippen LogP contribution is 2.27. The fraction of sp³-hybridized carbons (Fsp3) is 0.0769. The standard InChI is InChI=1S/C13H12N4OS/c1-17-5-4-12(16-17)15-13(18)11-7-8-6-9(14)2-3-10(8)19-11/h2-7H,14H2,1H3,(H,15,16,18). The first-order valence-electron chi connectivity index (χ1n) is 5.72. The van der Waals surface area contributed by atoms with Gasteiger partial charge in [-0.05, 0) is 29.7 Å². The number of rotatable bonds is 2. The minimum atomic E-state index is -0.154. The second kappa shape index (κ2) is 4.40. The predicted octanol–water partition coefficient (Wildman–Crippen LogP) is 2.47. The van der Waals surface area contributed by atoms with Crippen LogP contribution in [0.3, 0.4) is 0 Å². The molecule has 0 spiro atoms. The number of aryl methyl sites for hydroxylation is 1. The lowest BCUT2D eigenvalue weighted by Crippen LogP contribution is -2.10. The summed E-state index contributed by atoms with van der Waals surface area (Å²) in [5.74, 6) is 0.392. The number of anilines is 2. The number of fused-ring (bicyclic) bond motifs is 1. The van der Waals surface area contributed by atoms with Crippen molar-refractivity contribution in [3.05, 3.63) is 41.4 Å². The van der Waals surface area contributed by atoms with Gasteiger partial charge in [0.2, 0.25) is 0 Å². The zero-order valence-corrected chi connectivity index (χ0v) is 11.1. The maximum absolute atomic E-state index is 12.1. The summed E-state index contributed by atoms with van der Waals surface area (Å²) >= 11 is 1.44. The Morgan fingerprint density at radius 2 is 2.21 bits per heavy atom. The Bertz CT molecular complexity index is 759. The minimum Gasteiger partial charge on any atom is -0.399 e. The Balaban J connectivity index is 1.89. The Labute approximate surface area is 113 Å². The number of nitrogens with two attached hydrogens (primary N) is 1. The molecule has 0 fully saturated rings. The van der Waals surface area contributed by atoms with Gasteiger partial charge in [0.25, 0.3) is 5.91 Å². The monoisotopic (exact) mass is 272 g/mol. The maximum atomic E-state index is 12.1. The molecule has 0 aliphatic heterocycles. The van der Waals surface area contributed by atoms with E-state index in [-0.39, 0.29) is 5.91 Å². The van der Waals surface area contributed by atoms with Crippen LogP contribution in [0.1, 0.15) is 9.67 Å². The Morgan fingerprint density at radius 3 is 2.95 bits per heavy atom. The number of carbonyl (C=O) groups is 1. The van der Waals surface area contributed by atoms with Crippen LogP contribution in [0.25, 0.3) is 10.1 Å². The van der Waals surface area contributed by atoms with Crippen molar-refractivity contribution in [1.82, 2.24) is 9.78 Å². The van der Waals surface area contributed by atoms with E-state index >= 15 is 0 Å². The molecule has 1 amide bonds. The first-order chi connectivity index (χ1) is 9.11. The molecule has 0 bridgehead atoms. The van der Waals surface area contributed by atoms with Gasteiger partial charge in [-0.2, -0.15) is 5.10 Å². The van der Waals surface area contributed by atoms with E-state index in [1.54, 1.807) is 24.0 Å². The molecule has 3 N–H and O–H groups in total. The fourth-order valence-electron chi connectivity index (χ4n) is 1.83. The maximum Gasteiger partial charge on any atom is 0.266 e. The normalized spacial score (nSPS) is 10.8. The summed E-state index contributed by atoms with van der Waals surface area (Å²) in [5, 5.41) is 7.86. The van der Waals surface area contributed by atoms with Crippen LogP contribution < -0.4 is 11.1 Å². The molecule has 0 aliphatic rings. The van der Waals surface area contributed by atoms with E-state index in [0.717, 1.165) is 10.1 Å². The minimum absolute atomic E-state index is 0.154. The van der Waals surface area contributed by atoms with Gasteiger partial charge in [0.05, 0.1) is 4.88 Å². The van der Waals surface area contributed by atoms with Crippen molar-refractivity contribution in [3.8, 4) is 0 Å². The summed E-state index contributed by atoms with van der Waals surface area (Å²) in [4.78, 5) is 12.7. The topological polar surface area (TPSA) is 72.9 Å². The van der Waals surface area contributed by atoms with Gasteiger partial charge < -0.3 is 11.1 Å². The summed E-state index contributed by atoms with van der Waals surface area (Å²) < 4.78 is 2.68. The van der Waals surface area contributed by atoms with Gasteiger partial charge in [-0.1, -0.05) is 0 Å². The van der Waals surface area contributed by atoms with Crippen LogP contribution in [0.15, 0.2) is 36.5 Å². The Hall–Kier alpha value is -2.34. The number of hydrogen-bond acceptors (Lipinski definition) is 4. The van der Waals surface area contributed by atoms with Crippen molar-refractivity contribution in [2.24, 2.45) is 7.05 Å². The zero-order valence-electron chi connectivity index (χ0n) is 10.3. The van der Waals surface area contributed by atoms with Gasteiger partial charge in [0.1, 0.15) is 0 Å². The molecule has 3 rings (SSSR count). The van der Waals surface area contributed by atoms with Crippen molar-refractivity contribution >= 4 is 38.8 Å². The second-order valence-corrected chi connectivity index (χ2v) is 5.32. The van der Waals surface area contributed by atoms with E-state index in [1.807, 2.05) is 24.3 Å². The number of thiophene rings is 1. The van der Waals surface area contributed by atoms with E-state index in [2.05, 4.69) is 10.4 Å². The van der Waals surface area contributed by atoms with E-state index < -0.39 is 0 Å². The number of amides is 1. The number of carbonyl (C=O) groups excluding carboxylic acids is 1. The van der Waals surface area contributed by atoms with Crippen LogP contribution in [-0.4, -0.2) is 15.7 Å². The van der Waals surface area contributed by atoms with Crippen molar-refractivity contribution in [2.45, 2.75) is 0 Å². The molecule has 1 aromatic carbocycles. The van der Waals surface area contributed by atoms with Gasteiger partial charge in [-0.25, -0.2) is 0 Å². The van der Waals surface area contributed by atoms with Crippen molar-refractivity contribution in [3.63, 3.8) is 0 Å². The summed E-state index contributed by atoms with van der Waals surface area (Å²) in [5.41, 5.74) is 6.42. The molecule has 0 radical (unpaired) electrons. The number of hydrogen-bond donors (Lipinski definition) is 2. The highest BCUT2D eigenvalue weighted by Gasteiger charge is 2.11. The molecular formula is C13H12N4OS. The molecule has 0 atom stereocenters. The van der Waals surface area contributed by atoms with Crippen LogP contribution in [0.5, 0.6) is 0 Å². The Morgan fingerprint density at radius 1 is 1.37 bits per heavy atom. The number of nitrogen functional groups attached to an aromatic ring is 1. The molecule has 2 aromatic heterocycles. The molecule has 96 valence electrons. The third-order valence-corrected chi connectivity index (χ3v) is 3.83. The summed E-state index contributed by atoms with van der Waals surface area (Å²) in [6.45, 7) is 0. The third-order valence-electron chi connectivity index (χ3n) is 2.72. The molecule has 6 heteroatoms. The van der Waals surface area contributed by atoms with Gasteiger partial charge in [0, 0.05) is 29.7 Å². The second-order valence-electron chi connectivity index (χ2n) is 4.24. The SMILES string of the molecule is Cn1ccc(NC(=O)c2cc3cc(N)ccc3s2)n1. The summed E-state index contributed by atoms with van der Waals surface area (Å²) in [7, 11) is 1.80. The first kappa shape index (κ1) is 11.7. The van der Waals surface area contributed by atoms with Crippen LogP contribution >= 0.6 is 11.3 Å². The number of nitrogens with one attached hydrogen (secondary N) is 1. The highest BCUT2D eigenvalue weighted by molar-refractivity contribution is 7.20. The molecule has 0 saturated heterocycles. The number of benzene rings is 1. The van der Waals surface area contributed by atoms with Gasteiger partial charge in [-0.3, -0.25) is 9.48 Å². The van der Waals surface area contributed by atoms with Crippen molar-refractivity contribution in [2.75, 3.05) is 11.1 Å². The highest BCUT2D eigenvalue weighted by atomic mass is 32.1. The lowest BCUT2D eigenvalue weighted by molar-refractivity contribution is 0.103. The average Bonchev–Trinajstić information content (AvgIpc) is 2.95. The lowest BCUT2D eigenvalue weighted by Gasteiger charge is -1.97. The first-order valence-corrected chi connectivity index (χ1v) is 6.53. The summed E-state index contributed by atoms with van der Waals surface area (Å²) in [6, 6.07) is 9.22. The molecular weight excluding hydrogens is 260 g/mol. The van der Waals surface area contributed by atoms with Crippen LogP contribution in [0.4, 0.5) is 11.5 Å². The van der Waals surface area contributed by atoms with Crippen LogP contribution in [-0.2, 0) is 7.05 Å². The molecule has 5 nitrogen and oxygen atoms in total. The lowest BCUT2D eigenvalue weighted by atomic mass is 10.2. The number of aromatic nitrogens is 2. The third kappa shape index (κ3) is 2.30. The molecule has 0 saturated carbocycles. The van der Waals surface area contributed by atoms with Crippen LogP contribution in [0.2, 0.25) is 0 Å². The van der Waals surface area contributed by atoms with Crippen molar-refractivity contribution in [1.29, 1.82) is 0 Å². The summed E-state index contributed by atoms with van der Waals surface area (Å²) in [6.07, 6.45) is 1.78.